The first-order valence-corrected chi connectivity index (χ1v) is 6.41. The highest BCUT2D eigenvalue weighted by atomic mass is 15.0. The minimum atomic E-state index is 0.738. The van der Waals surface area contributed by atoms with Crippen molar-refractivity contribution in [1.29, 1.82) is 0 Å². The van der Waals surface area contributed by atoms with Gasteiger partial charge in [0.25, 0.3) is 0 Å². The van der Waals surface area contributed by atoms with Gasteiger partial charge in [-0.15, -0.1) is 0 Å². The number of hydrogen-bond acceptors (Lipinski definition) is 4. The van der Waals surface area contributed by atoms with Gasteiger partial charge in [-0.2, -0.15) is 0 Å². The van der Waals surface area contributed by atoms with Gasteiger partial charge in [0.2, 0.25) is 0 Å². The van der Waals surface area contributed by atoms with Gasteiger partial charge >= 0.3 is 0 Å². The van der Waals surface area contributed by atoms with E-state index in [-0.39, 0.29) is 0 Å². The zero-order valence-electron chi connectivity index (χ0n) is 11.0. The van der Waals surface area contributed by atoms with Gasteiger partial charge in [0.15, 0.2) is 0 Å². The smallest absolute Gasteiger partial charge is 0.137 e. The van der Waals surface area contributed by atoms with E-state index in [9.17, 15) is 0 Å². The second-order valence-corrected chi connectivity index (χ2v) is 4.96. The van der Waals surface area contributed by atoms with E-state index in [2.05, 4.69) is 29.1 Å². The van der Waals surface area contributed by atoms with Gasteiger partial charge < -0.3 is 11.1 Å². The first-order valence-electron chi connectivity index (χ1n) is 6.41. The number of fused-ring (bicyclic) bond motifs is 1. The highest BCUT2D eigenvalue weighted by Gasteiger charge is 2.03. The maximum absolute atomic E-state index is 5.80. The Morgan fingerprint density at radius 2 is 2.11 bits per heavy atom. The third-order valence-corrected chi connectivity index (χ3v) is 2.91. The van der Waals surface area contributed by atoms with Gasteiger partial charge in [-0.1, -0.05) is 13.8 Å². The van der Waals surface area contributed by atoms with Crippen molar-refractivity contribution in [1.82, 2.24) is 9.97 Å². The fraction of sp³-hybridized carbons (Fsp3) is 0.429. The number of rotatable bonds is 5. The highest BCUT2D eigenvalue weighted by Crippen LogP contribution is 2.21. The van der Waals surface area contributed by atoms with Crippen LogP contribution < -0.4 is 11.1 Å². The van der Waals surface area contributed by atoms with E-state index in [1.807, 2.05) is 18.2 Å². The number of hydrogen-bond donors (Lipinski definition) is 2. The summed E-state index contributed by atoms with van der Waals surface area (Å²) in [5.74, 6) is 1.61. The summed E-state index contributed by atoms with van der Waals surface area (Å²) in [7, 11) is 0. The molecule has 0 saturated heterocycles. The lowest BCUT2D eigenvalue weighted by Crippen LogP contribution is -2.05. The second-order valence-electron chi connectivity index (χ2n) is 4.96. The summed E-state index contributed by atoms with van der Waals surface area (Å²) in [6.07, 6.45) is 3.95. The molecule has 0 spiro atoms. The van der Waals surface area contributed by atoms with Crippen molar-refractivity contribution in [2.75, 3.05) is 17.6 Å². The summed E-state index contributed by atoms with van der Waals surface area (Å²) in [6, 6.07) is 5.70. The van der Waals surface area contributed by atoms with E-state index in [0.717, 1.165) is 41.3 Å². The molecule has 1 aromatic carbocycles. The van der Waals surface area contributed by atoms with Crippen molar-refractivity contribution in [3.63, 3.8) is 0 Å². The van der Waals surface area contributed by atoms with Crippen LogP contribution in [0.2, 0.25) is 0 Å². The number of nitrogens with zero attached hydrogens (tertiary/aromatic N) is 2. The monoisotopic (exact) mass is 244 g/mol. The average molecular weight is 244 g/mol. The summed E-state index contributed by atoms with van der Waals surface area (Å²) in [4.78, 5) is 8.52. The predicted octanol–water partition coefficient (Wildman–Crippen LogP) is 3.06. The Morgan fingerprint density at radius 1 is 1.28 bits per heavy atom. The molecule has 96 valence electrons. The fourth-order valence-electron chi connectivity index (χ4n) is 1.93. The zero-order valence-corrected chi connectivity index (χ0v) is 11.0. The van der Waals surface area contributed by atoms with E-state index in [1.54, 1.807) is 6.33 Å². The van der Waals surface area contributed by atoms with Crippen LogP contribution >= 0.6 is 0 Å². The van der Waals surface area contributed by atoms with Crippen molar-refractivity contribution >= 4 is 22.4 Å². The minimum Gasteiger partial charge on any atom is -0.399 e. The van der Waals surface area contributed by atoms with E-state index in [1.165, 1.54) is 6.42 Å². The van der Waals surface area contributed by atoms with E-state index < -0.39 is 0 Å². The molecule has 0 aliphatic rings. The molecule has 2 rings (SSSR count). The van der Waals surface area contributed by atoms with Gasteiger partial charge in [0.05, 0.1) is 5.52 Å². The summed E-state index contributed by atoms with van der Waals surface area (Å²) in [5.41, 5.74) is 7.46. The Morgan fingerprint density at radius 3 is 2.89 bits per heavy atom. The molecule has 0 aliphatic carbocycles. The fourth-order valence-corrected chi connectivity index (χ4v) is 1.93. The topological polar surface area (TPSA) is 63.8 Å². The molecule has 3 N–H and O–H groups in total. The largest absolute Gasteiger partial charge is 0.399 e. The van der Waals surface area contributed by atoms with Gasteiger partial charge in [0, 0.05) is 17.6 Å². The molecule has 0 amide bonds. The molecule has 18 heavy (non-hydrogen) atoms. The molecule has 2 aromatic rings. The van der Waals surface area contributed by atoms with Gasteiger partial charge in [-0.25, -0.2) is 9.97 Å². The van der Waals surface area contributed by atoms with Crippen LogP contribution in [-0.4, -0.2) is 16.5 Å². The molecule has 0 unspecified atom stereocenters. The number of nitrogens with two attached hydrogens (primary N) is 1. The SMILES string of the molecule is CC(C)CCCNc1ncnc2ccc(N)cc12. The van der Waals surface area contributed by atoms with Crippen LogP contribution in [0.3, 0.4) is 0 Å². The van der Waals surface area contributed by atoms with Crippen molar-refractivity contribution in [2.24, 2.45) is 5.92 Å². The Kier molecular flexibility index (Phi) is 3.97. The van der Waals surface area contributed by atoms with Crippen LogP contribution in [0.25, 0.3) is 10.9 Å². The molecule has 0 radical (unpaired) electrons. The summed E-state index contributed by atoms with van der Waals surface area (Å²) < 4.78 is 0. The third kappa shape index (κ3) is 3.09. The van der Waals surface area contributed by atoms with Crippen LogP contribution in [0, 0.1) is 5.92 Å². The lowest BCUT2D eigenvalue weighted by molar-refractivity contribution is 0.567. The first kappa shape index (κ1) is 12.6. The average Bonchev–Trinajstić information content (AvgIpc) is 2.34. The molecule has 4 heteroatoms. The molecule has 0 atom stereocenters. The van der Waals surface area contributed by atoms with E-state index >= 15 is 0 Å². The number of nitrogen functional groups attached to an aromatic ring is 1. The lowest BCUT2D eigenvalue weighted by atomic mass is 10.1. The van der Waals surface area contributed by atoms with E-state index in [4.69, 9.17) is 5.73 Å². The highest BCUT2D eigenvalue weighted by molar-refractivity contribution is 5.91. The lowest BCUT2D eigenvalue weighted by Gasteiger charge is -2.09. The van der Waals surface area contributed by atoms with Crippen LogP contribution in [0.4, 0.5) is 11.5 Å². The number of anilines is 2. The molecule has 0 bridgehead atoms. The Bertz CT molecular complexity index is 522. The molecule has 4 nitrogen and oxygen atoms in total. The summed E-state index contributed by atoms with van der Waals surface area (Å²) >= 11 is 0. The second kappa shape index (κ2) is 5.67. The quantitative estimate of drug-likeness (QED) is 0.626. The zero-order chi connectivity index (χ0) is 13.0. The standard InChI is InChI=1S/C14H20N4/c1-10(2)4-3-7-16-14-12-8-11(15)5-6-13(12)17-9-18-14/h5-6,8-10H,3-4,7,15H2,1-2H3,(H,16,17,18). The maximum Gasteiger partial charge on any atom is 0.137 e. The van der Waals surface area contributed by atoms with E-state index in [0.29, 0.717) is 0 Å². The van der Waals surface area contributed by atoms with Gasteiger partial charge in [-0.3, -0.25) is 0 Å². The number of benzene rings is 1. The molecule has 0 aliphatic heterocycles. The summed E-state index contributed by atoms with van der Waals surface area (Å²) in [6.45, 7) is 5.40. The van der Waals surface area contributed by atoms with Crippen molar-refractivity contribution < 1.29 is 0 Å². The molecular weight excluding hydrogens is 224 g/mol. The van der Waals surface area contributed by atoms with Crippen LogP contribution in [0.15, 0.2) is 24.5 Å². The molecular formula is C14H20N4. The van der Waals surface area contributed by atoms with Crippen molar-refractivity contribution in [2.45, 2.75) is 26.7 Å². The van der Waals surface area contributed by atoms with Crippen LogP contribution in [-0.2, 0) is 0 Å². The summed E-state index contributed by atoms with van der Waals surface area (Å²) in [5, 5.41) is 4.35. The van der Waals surface area contributed by atoms with Gasteiger partial charge in [0.1, 0.15) is 12.1 Å². The molecule has 0 fully saturated rings. The van der Waals surface area contributed by atoms with Crippen LogP contribution in [0.1, 0.15) is 26.7 Å². The normalized spacial score (nSPS) is 11.1. The third-order valence-electron chi connectivity index (χ3n) is 2.91. The maximum atomic E-state index is 5.80. The van der Waals surface area contributed by atoms with Crippen molar-refractivity contribution in [3.8, 4) is 0 Å². The Balaban J connectivity index is 2.10. The van der Waals surface area contributed by atoms with Crippen molar-refractivity contribution in [3.05, 3.63) is 24.5 Å². The number of aromatic nitrogens is 2. The number of nitrogens with one attached hydrogen (secondary N) is 1. The molecule has 1 heterocycles. The first-order chi connectivity index (χ1) is 8.66. The predicted molar refractivity (Wildman–Crippen MR) is 76.5 cm³/mol. The minimum absolute atomic E-state index is 0.738. The van der Waals surface area contributed by atoms with Crippen LogP contribution in [0.5, 0.6) is 0 Å². The Labute approximate surface area is 108 Å². The molecule has 1 aromatic heterocycles. The van der Waals surface area contributed by atoms with Gasteiger partial charge in [-0.05, 0) is 37.0 Å². The molecule has 0 saturated carbocycles. The Hall–Kier alpha value is -1.84.